The van der Waals surface area contributed by atoms with E-state index in [9.17, 15) is 4.79 Å². The molecule has 1 fully saturated rings. The largest absolute Gasteiger partial charge is 0.367 e. The predicted molar refractivity (Wildman–Crippen MR) is 144 cm³/mol. The minimum absolute atomic E-state index is 0.281. The van der Waals surface area contributed by atoms with Gasteiger partial charge in [-0.25, -0.2) is 9.67 Å². The average molecular weight is 518 g/mol. The molecule has 0 saturated carbocycles. The van der Waals surface area contributed by atoms with Crippen LogP contribution >= 0.6 is 22.9 Å². The van der Waals surface area contributed by atoms with E-state index in [1.165, 1.54) is 22.9 Å². The van der Waals surface area contributed by atoms with Crippen LogP contribution in [0.2, 0.25) is 0 Å². The third-order valence-corrected chi connectivity index (χ3v) is 7.48. The molecular weight excluding hydrogens is 494 g/mol. The van der Waals surface area contributed by atoms with Gasteiger partial charge in [-0.05, 0) is 42.7 Å². The molecule has 0 unspecified atom stereocenters. The second-order valence-electron chi connectivity index (χ2n) is 8.33. The lowest BCUT2D eigenvalue weighted by molar-refractivity contribution is 0.102. The molecule has 1 amide bonds. The zero-order chi connectivity index (χ0) is 24.5. The first-order chi connectivity index (χ1) is 17.7. The molecule has 1 aliphatic rings. The number of carbonyl (C=O) groups is 1. The number of aryl methyl sites for hydroxylation is 1. The van der Waals surface area contributed by atoms with Gasteiger partial charge in [-0.1, -0.05) is 12.1 Å². The van der Waals surface area contributed by atoms with Crippen molar-refractivity contribution in [2.75, 3.05) is 41.7 Å². The summed E-state index contributed by atoms with van der Waals surface area (Å²) < 4.78 is 6.10. The lowest BCUT2D eigenvalue weighted by atomic mass is 10.2. The number of rotatable bonds is 6. The number of amides is 1. The van der Waals surface area contributed by atoms with Crippen molar-refractivity contribution in [1.29, 1.82) is 0 Å². The maximum Gasteiger partial charge on any atom is 0.275 e. The van der Waals surface area contributed by atoms with Gasteiger partial charge in [0.15, 0.2) is 5.82 Å². The molecule has 4 aromatic heterocycles. The summed E-state index contributed by atoms with van der Waals surface area (Å²) in [6, 6.07) is 11.8. The Kier molecular flexibility index (Phi) is 6.05. The third kappa shape index (κ3) is 4.41. The van der Waals surface area contributed by atoms with Crippen LogP contribution in [0, 0.1) is 6.92 Å². The van der Waals surface area contributed by atoms with Gasteiger partial charge in [0, 0.05) is 43.1 Å². The van der Waals surface area contributed by atoms with Crippen molar-refractivity contribution in [3.63, 3.8) is 0 Å². The number of fused-ring (bicyclic) bond motifs is 1. The fraction of sp³-hybridized carbons (Fsp3) is 0.208. The molecule has 182 valence electrons. The van der Waals surface area contributed by atoms with Crippen molar-refractivity contribution in [2.24, 2.45) is 0 Å². The van der Waals surface area contributed by atoms with Crippen molar-refractivity contribution in [1.82, 2.24) is 29.4 Å². The monoisotopic (exact) mass is 517 g/mol. The predicted octanol–water partition coefficient (Wildman–Crippen LogP) is 4.05. The molecule has 0 bridgehead atoms. The highest BCUT2D eigenvalue weighted by molar-refractivity contribution is 7.12. The minimum atomic E-state index is -0.281. The van der Waals surface area contributed by atoms with E-state index in [2.05, 4.69) is 35.2 Å². The normalized spacial score (nSPS) is 13.8. The van der Waals surface area contributed by atoms with Crippen molar-refractivity contribution >= 4 is 61.9 Å². The molecule has 1 aromatic carbocycles. The third-order valence-electron chi connectivity index (χ3n) is 5.87. The molecule has 0 aliphatic carbocycles. The Morgan fingerprint density at radius 3 is 2.86 bits per heavy atom. The molecule has 1 aliphatic heterocycles. The second-order valence-corrected chi connectivity index (χ2v) is 9.98. The van der Waals surface area contributed by atoms with E-state index in [4.69, 9.17) is 5.10 Å². The number of benzene rings is 1. The first-order valence-electron chi connectivity index (χ1n) is 11.5. The Labute approximate surface area is 215 Å². The smallest absolute Gasteiger partial charge is 0.275 e. The van der Waals surface area contributed by atoms with Gasteiger partial charge in [0.2, 0.25) is 5.13 Å². The van der Waals surface area contributed by atoms with Crippen LogP contribution in [0.5, 0.6) is 0 Å². The summed E-state index contributed by atoms with van der Waals surface area (Å²) in [5, 5.41) is 18.7. The topological polar surface area (TPSA) is 113 Å². The number of piperazine rings is 1. The summed E-state index contributed by atoms with van der Waals surface area (Å²) in [5.41, 5.74) is 3.82. The van der Waals surface area contributed by atoms with Gasteiger partial charge in [-0.2, -0.15) is 4.37 Å². The molecule has 0 spiro atoms. The minimum Gasteiger partial charge on any atom is -0.367 e. The molecule has 36 heavy (non-hydrogen) atoms. The van der Waals surface area contributed by atoms with Crippen molar-refractivity contribution in [2.45, 2.75) is 6.92 Å². The molecule has 12 heteroatoms. The first kappa shape index (κ1) is 22.6. The van der Waals surface area contributed by atoms with E-state index in [-0.39, 0.29) is 5.91 Å². The number of hydrogen-bond donors (Lipinski definition) is 3. The van der Waals surface area contributed by atoms with Crippen LogP contribution in [0.3, 0.4) is 0 Å². The molecule has 3 N–H and O–H groups in total. The van der Waals surface area contributed by atoms with E-state index >= 15 is 0 Å². The molecule has 10 nitrogen and oxygen atoms in total. The van der Waals surface area contributed by atoms with Gasteiger partial charge in [-0.15, -0.1) is 16.4 Å². The van der Waals surface area contributed by atoms with Crippen LogP contribution < -0.4 is 20.9 Å². The van der Waals surface area contributed by atoms with Crippen LogP contribution in [0.4, 0.5) is 22.2 Å². The van der Waals surface area contributed by atoms with Gasteiger partial charge in [-0.3, -0.25) is 9.78 Å². The zero-order valence-electron chi connectivity index (χ0n) is 19.4. The van der Waals surface area contributed by atoms with E-state index in [1.807, 2.05) is 43.3 Å². The Balaban J connectivity index is 1.27. The lowest BCUT2D eigenvalue weighted by Gasteiger charge is -2.30. The molecule has 5 heterocycles. The van der Waals surface area contributed by atoms with Gasteiger partial charge in [0.1, 0.15) is 10.7 Å². The highest BCUT2D eigenvalue weighted by Crippen LogP contribution is 2.31. The summed E-state index contributed by atoms with van der Waals surface area (Å²) in [7, 11) is 0. The maximum atomic E-state index is 13.1. The Morgan fingerprint density at radius 2 is 2.03 bits per heavy atom. The highest BCUT2D eigenvalue weighted by atomic mass is 32.1. The van der Waals surface area contributed by atoms with Crippen LogP contribution in [-0.4, -0.2) is 56.2 Å². The molecular formula is C24H23N9OS2. The van der Waals surface area contributed by atoms with E-state index in [0.717, 1.165) is 53.5 Å². The molecule has 5 aromatic rings. The fourth-order valence-corrected chi connectivity index (χ4v) is 5.59. The number of nitrogens with one attached hydrogen (secondary N) is 3. The van der Waals surface area contributed by atoms with E-state index in [1.54, 1.807) is 22.5 Å². The molecule has 1 saturated heterocycles. The number of para-hydroxylation sites is 1. The SMILES string of the molecule is Cc1cc(Nc2nn(-c3nc(C(=O)Nc4cnccc4N4CCNCC4)cs3)c3ccccc23)sn1. The zero-order valence-corrected chi connectivity index (χ0v) is 21.1. The quantitative estimate of drug-likeness (QED) is 0.309. The average Bonchev–Trinajstić information content (AvgIpc) is 3.64. The summed E-state index contributed by atoms with van der Waals surface area (Å²) in [6.07, 6.45) is 3.43. The Hall–Kier alpha value is -3.87. The van der Waals surface area contributed by atoms with Gasteiger partial charge in [0.05, 0.1) is 28.8 Å². The Morgan fingerprint density at radius 1 is 1.17 bits per heavy atom. The number of nitrogens with zero attached hydrogens (tertiary/aromatic N) is 6. The summed E-state index contributed by atoms with van der Waals surface area (Å²) in [5.74, 6) is 0.434. The molecule has 0 atom stereocenters. The second kappa shape index (κ2) is 9.64. The number of hydrogen-bond acceptors (Lipinski definition) is 10. The number of thiazole rings is 1. The molecule has 6 rings (SSSR count). The van der Waals surface area contributed by atoms with E-state index < -0.39 is 0 Å². The number of pyridine rings is 1. The van der Waals surface area contributed by atoms with Crippen LogP contribution in [0.25, 0.3) is 16.0 Å². The first-order valence-corrected chi connectivity index (χ1v) is 13.2. The van der Waals surface area contributed by atoms with Crippen molar-refractivity contribution in [3.05, 3.63) is 65.6 Å². The standard InChI is InChI=1S/C24H23N9OS2/c1-15-12-21(36-31-15)29-22-16-4-2-3-5-19(16)33(30-22)24-28-18(14-35-24)23(34)27-17-13-26-7-6-20(17)32-10-8-25-9-11-32/h2-7,12-14,25H,8-11H2,1H3,(H,27,34)(H,29,30). The molecule has 0 radical (unpaired) electrons. The van der Waals surface area contributed by atoms with Crippen LogP contribution in [0.15, 0.2) is 54.2 Å². The number of aromatic nitrogens is 5. The summed E-state index contributed by atoms with van der Waals surface area (Å²) >= 11 is 2.76. The lowest BCUT2D eigenvalue weighted by Crippen LogP contribution is -2.43. The van der Waals surface area contributed by atoms with Gasteiger partial charge < -0.3 is 20.9 Å². The van der Waals surface area contributed by atoms with Crippen molar-refractivity contribution < 1.29 is 4.79 Å². The van der Waals surface area contributed by atoms with Gasteiger partial charge in [0.25, 0.3) is 5.91 Å². The Bertz CT molecular complexity index is 1530. The summed E-state index contributed by atoms with van der Waals surface area (Å²) in [6.45, 7) is 5.51. The highest BCUT2D eigenvalue weighted by Gasteiger charge is 2.20. The van der Waals surface area contributed by atoms with E-state index in [0.29, 0.717) is 22.3 Å². The maximum absolute atomic E-state index is 13.1. The van der Waals surface area contributed by atoms with Crippen molar-refractivity contribution in [3.8, 4) is 5.13 Å². The fourth-order valence-electron chi connectivity index (χ4n) is 4.16. The van der Waals surface area contributed by atoms with Crippen LogP contribution in [0.1, 0.15) is 16.2 Å². The number of anilines is 4. The van der Waals surface area contributed by atoms with Crippen LogP contribution in [-0.2, 0) is 0 Å². The number of carbonyl (C=O) groups excluding carboxylic acids is 1. The van der Waals surface area contributed by atoms with Gasteiger partial charge >= 0.3 is 0 Å². The summed E-state index contributed by atoms with van der Waals surface area (Å²) in [4.78, 5) is 24.2.